The molecular formula is C29H60O4. The second kappa shape index (κ2) is 29.9. The molecule has 0 amide bonds. The van der Waals surface area contributed by atoms with E-state index in [4.69, 9.17) is 18.9 Å². The summed E-state index contributed by atoms with van der Waals surface area (Å²) in [5.74, 6) is 0.632. The lowest BCUT2D eigenvalue weighted by molar-refractivity contribution is -0.00563. The third-order valence-corrected chi connectivity index (χ3v) is 6.36. The van der Waals surface area contributed by atoms with E-state index in [0.29, 0.717) is 45.6 Å². The van der Waals surface area contributed by atoms with Gasteiger partial charge in [0.2, 0.25) is 0 Å². The van der Waals surface area contributed by atoms with Gasteiger partial charge in [0.25, 0.3) is 0 Å². The summed E-state index contributed by atoms with van der Waals surface area (Å²) in [7, 11) is 0. The molecule has 0 heterocycles. The maximum Gasteiger partial charge on any atom is 0.0701 e. The van der Waals surface area contributed by atoms with E-state index in [1.54, 1.807) is 0 Å². The normalized spacial score (nSPS) is 12.5. The van der Waals surface area contributed by atoms with Crippen molar-refractivity contribution in [2.75, 3.05) is 52.9 Å². The van der Waals surface area contributed by atoms with E-state index in [0.717, 1.165) is 19.6 Å². The molecule has 0 aromatic rings. The Morgan fingerprint density at radius 3 is 1.12 bits per heavy atom. The van der Waals surface area contributed by atoms with Crippen LogP contribution in [0.2, 0.25) is 0 Å². The zero-order chi connectivity index (χ0) is 24.1. The molecule has 1 atom stereocenters. The SMILES string of the molecule is CCCCCCCCCCCCCCCCCCOCCOCCOCCOCC(C)CC. The number of ether oxygens (including phenoxy) is 4. The topological polar surface area (TPSA) is 36.9 Å². The van der Waals surface area contributed by atoms with Gasteiger partial charge >= 0.3 is 0 Å². The summed E-state index contributed by atoms with van der Waals surface area (Å²) in [6, 6.07) is 0. The van der Waals surface area contributed by atoms with Crippen molar-refractivity contribution in [3.05, 3.63) is 0 Å². The second-order valence-electron chi connectivity index (χ2n) is 9.73. The molecule has 0 saturated carbocycles. The highest BCUT2D eigenvalue weighted by Gasteiger charge is 1.98. The van der Waals surface area contributed by atoms with Crippen LogP contribution in [-0.4, -0.2) is 52.9 Å². The van der Waals surface area contributed by atoms with E-state index in [9.17, 15) is 0 Å². The first-order chi connectivity index (χ1) is 16.3. The van der Waals surface area contributed by atoms with Crippen LogP contribution in [0.5, 0.6) is 0 Å². The van der Waals surface area contributed by atoms with Gasteiger partial charge in [0.15, 0.2) is 0 Å². The van der Waals surface area contributed by atoms with Gasteiger partial charge < -0.3 is 18.9 Å². The second-order valence-corrected chi connectivity index (χ2v) is 9.73. The van der Waals surface area contributed by atoms with Crippen LogP contribution >= 0.6 is 0 Å². The fraction of sp³-hybridized carbons (Fsp3) is 1.00. The fourth-order valence-electron chi connectivity index (χ4n) is 3.81. The number of hydrogen-bond donors (Lipinski definition) is 0. The number of hydrogen-bond acceptors (Lipinski definition) is 4. The van der Waals surface area contributed by atoms with Gasteiger partial charge in [0.1, 0.15) is 0 Å². The van der Waals surface area contributed by atoms with Crippen LogP contribution in [0.1, 0.15) is 130 Å². The average molecular weight is 473 g/mol. The summed E-state index contributed by atoms with van der Waals surface area (Å²) in [5.41, 5.74) is 0. The molecule has 0 saturated heterocycles. The summed E-state index contributed by atoms with van der Waals surface area (Å²) < 4.78 is 22.3. The minimum absolute atomic E-state index is 0.631. The standard InChI is InChI=1S/C29H60O4/c1-4-6-7-8-9-10-11-12-13-14-15-16-17-18-19-20-21-30-22-23-31-24-25-32-26-27-33-28-29(3)5-2/h29H,4-28H2,1-3H3. The smallest absolute Gasteiger partial charge is 0.0701 e. The van der Waals surface area contributed by atoms with Crippen molar-refractivity contribution in [2.45, 2.75) is 130 Å². The van der Waals surface area contributed by atoms with E-state index < -0.39 is 0 Å². The van der Waals surface area contributed by atoms with Crippen molar-refractivity contribution in [2.24, 2.45) is 5.92 Å². The van der Waals surface area contributed by atoms with E-state index in [-0.39, 0.29) is 0 Å². The Morgan fingerprint density at radius 2 is 0.727 bits per heavy atom. The van der Waals surface area contributed by atoms with Crippen LogP contribution in [-0.2, 0) is 18.9 Å². The molecule has 200 valence electrons. The Bertz CT molecular complexity index is 338. The molecule has 0 aliphatic heterocycles. The maximum atomic E-state index is 5.66. The first-order valence-electron chi connectivity index (χ1n) is 14.6. The zero-order valence-electron chi connectivity index (χ0n) is 22.9. The minimum Gasteiger partial charge on any atom is -0.379 e. The average Bonchev–Trinajstić information content (AvgIpc) is 2.83. The molecular weight excluding hydrogens is 412 g/mol. The summed E-state index contributed by atoms with van der Waals surface area (Å²) in [5, 5.41) is 0. The highest BCUT2D eigenvalue weighted by Crippen LogP contribution is 2.13. The van der Waals surface area contributed by atoms with Crippen molar-refractivity contribution in [1.82, 2.24) is 0 Å². The molecule has 0 rings (SSSR count). The van der Waals surface area contributed by atoms with Crippen molar-refractivity contribution in [3.8, 4) is 0 Å². The monoisotopic (exact) mass is 472 g/mol. The molecule has 33 heavy (non-hydrogen) atoms. The number of rotatable bonds is 29. The molecule has 0 aliphatic rings. The van der Waals surface area contributed by atoms with E-state index >= 15 is 0 Å². The lowest BCUT2D eigenvalue weighted by Crippen LogP contribution is -2.13. The number of unbranched alkanes of at least 4 members (excludes halogenated alkanes) is 15. The van der Waals surface area contributed by atoms with E-state index in [2.05, 4.69) is 20.8 Å². The zero-order valence-corrected chi connectivity index (χ0v) is 22.9. The molecule has 0 fully saturated rings. The largest absolute Gasteiger partial charge is 0.379 e. The molecule has 0 N–H and O–H groups in total. The lowest BCUT2D eigenvalue weighted by atomic mass is 10.0. The quantitative estimate of drug-likeness (QED) is 0.102. The summed E-state index contributed by atoms with van der Waals surface area (Å²) in [6.07, 6.45) is 23.6. The molecule has 0 bridgehead atoms. The summed E-state index contributed by atoms with van der Waals surface area (Å²) in [4.78, 5) is 0. The van der Waals surface area contributed by atoms with Crippen LogP contribution < -0.4 is 0 Å². The predicted octanol–water partition coefficient (Wildman–Crippen LogP) is 8.36. The van der Waals surface area contributed by atoms with Gasteiger partial charge in [-0.25, -0.2) is 0 Å². The van der Waals surface area contributed by atoms with Crippen molar-refractivity contribution in [3.63, 3.8) is 0 Å². The van der Waals surface area contributed by atoms with Gasteiger partial charge in [-0.3, -0.25) is 0 Å². The summed E-state index contributed by atoms with van der Waals surface area (Å²) >= 11 is 0. The van der Waals surface area contributed by atoms with Crippen LogP contribution in [0.4, 0.5) is 0 Å². The van der Waals surface area contributed by atoms with Crippen molar-refractivity contribution >= 4 is 0 Å². The third kappa shape index (κ3) is 29.8. The van der Waals surface area contributed by atoms with Gasteiger partial charge in [-0.15, -0.1) is 0 Å². The Balaban J connectivity index is 3.01. The highest BCUT2D eigenvalue weighted by atomic mass is 16.6. The molecule has 4 heteroatoms. The first-order valence-corrected chi connectivity index (χ1v) is 14.6. The minimum atomic E-state index is 0.631. The Morgan fingerprint density at radius 1 is 0.394 bits per heavy atom. The van der Waals surface area contributed by atoms with E-state index in [1.165, 1.54) is 103 Å². The van der Waals surface area contributed by atoms with Crippen LogP contribution in [0.25, 0.3) is 0 Å². The Hall–Kier alpha value is -0.160. The molecule has 0 radical (unpaired) electrons. The molecule has 0 aliphatic carbocycles. The molecule has 0 spiro atoms. The molecule has 0 aromatic heterocycles. The van der Waals surface area contributed by atoms with Gasteiger partial charge in [0.05, 0.1) is 39.6 Å². The maximum absolute atomic E-state index is 5.66. The lowest BCUT2D eigenvalue weighted by Gasteiger charge is -2.10. The van der Waals surface area contributed by atoms with Gasteiger partial charge in [0, 0.05) is 13.2 Å². The van der Waals surface area contributed by atoms with Crippen molar-refractivity contribution in [1.29, 1.82) is 0 Å². The van der Waals surface area contributed by atoms with Gasteiger partial charge in [-0.2, -0.15) is 0 Å². The summed E-state index contributed by atoms with van der Waals surface area (Å²) in [6.45, 7) is 12.3. The predicted molar refractivity (Wildman–Crippen MR) is 142 cm³/mol. The van der Waals surface area contributed by atoms with Crippen LogP contribution in [0.15, 0.2) is 0 Å². The van der Waals surface area contributed by atoms with E-state index in [1.807, 2.05) is 0 Å². The Labute approximate surface area is 207 Å². The first kappa shape index (κ1) is 32.8. The van der Waals surface area contributed by atoms with Crippen LogP contribution in [0, 0.1) is 5.92 Å². The van der Waals surface area contributed by atoms with Gasteiger partial charge in [-0.05, 0) is 12.3 Å². The fourth-order valence-corrected chi connectivity index (χ4v) is 3.81. The Kier molecular flexibility index (Phi) is 29.7. The molecule has 0 aromatic carbocycles. The van der Waals surface area contributed by atoms with Crippen molar-refractivity contribution < 1.29 is 18.9 Å². The van der Waals surface area contributed by atoms with Crippen LogP contribution in [0.3, 0.4) is 0 Å². The third-order valence-electron chi connectivity index (χ3n) is 6.36. The molecule has 1 unspecified atom stereocenters. The molecule has 4 nitrogen and oxygen atoms in total. The van der Waals surface area contributed by atoms with Gasteiger partial charge in [-0.1, -0.05) is 124 Å². The highest BCUT2D eigenvalue weighted by molar-refractivity contribution is 4.50.